The van der Waals surface area contributed by atoms with Crippen LogP contribution in [0.3, 0.4) is 0 Å². The second-order valence-corrected chi connectivity index (χ2v) is 4.90. The van der Waals surface area contributed by atoms with Crippen molar-refractivity contribution in [2.75, 3.05) is 31.5 Å². The number of hydrogen-bond acceptors (Lipinski definition) is 2. The van der Waals surface area contributed by atoms with Gasteiger partial charge >= 0.3 is 0 Å². The molecule has 0 spiro atoms. The molecule has 1 rings (SSSR count). The van der Waals surface area contributed by atoms with Crippen LogP contribution in [0.2, 0.25) is 5.02 Å². The van der Waals surface area contributed by atoms with Gasteiger partial charge in [-0.1, -0.05) is 41.4 Å². The molecular weight excluding hydrogens is 288 g/mol. The van der Waals surface area contributed by atoms with Crippen LogP contribution in [0.25, 0.3) is 0 Å². The van der Waals surface area contributed by atoms with Crippen LogP contribution >= 0.6 is 27.5 Å². The number of nitrogens with zero attached hydrogens (tertiary/aromatic N) is 1. The lowest BCUT2D eigenvalue weighted by molar-refractivity contribution is 0.316. The van der Waals surface area contributed by atoms with E-state index in [0.717, 1.165) is 41.4 Å². The fourth-order valence-corrected chi connectivity index (χ4v) is 2.26. The summed E-state index contributed by atoms with van der Waals surface area (Å²) in [6, 6.07) is 5.89. The van der Waals surface area contributed by atoms with Crippen molar-refractivity contribution < 1.29 is 0 Å². The van der Waals surface area contributed by atoms with Crippen molar-refractivity contribution in [2.24, 2.45) is 0 Å². The van der Waals surface area contributed by atoms with Crippen molar-refractivity contribution in [3.8, 4) is 0 Å². The zero-order valence-corrected chi connectivity index (χ0v) is 12.1. The Morgan fingerprint density at radius 3 is 2.56 bits per heavy atom. The first-order valence-corrected chi connectivity index (χ1v) is 6.75. The number of anilines is 1. The molecule has 0 radical (unpaired) electrons. The molecule has 16 heavy (non-hydrogen) atoms. The first kappa shape index (κ1) is 13.8. The molecule has 0 amide bonds. The number of rotatable bonds is 6. The van der Waals surface area contributed by atoms with Crippen molar-refractivity contribution in [1.82, 2.24) is 4.90 Å². The maximum Gasteiger partial charge on any atom is 0.0648 e. The maximum absolute atomic E-state index is 6.11. The Balaban J connectivity index is 2.42. The van der Waals surface area contributed by atoms with Gasteiger partial charge in [0.1, 0.15) is 0 Å². The molecule has 4 heteroatoms. The summed E-state index contributed by atoms with van der Waals surface area (Å²) in [5.74, 6) is 0. The third kappa shape index (κ3) is 4.32. The van der Waals surface area contributed by atoms with E-state index < -0.39 is 0 Å². The van der Waals surface area contributed by atoms with E-state index in [0.29, 0.717) is 0 Å². The second kappa shape index (κ2) is 7.15. The number of halogens is 2. The van der Waals surface area contributed by atoms with Crippen molar-refractivity contribution in [2.45, 2.75) is 13.8 Å². The Hall–Kier alpha value is -0.250. The minimum absolute atomic E-state index is 0.758. The third-order valence-corrected chi connectivity index (χ3v) is 3.38. The molecule has 0 fully saturated rings. The standard InChI is InChI=1S/C12H18BrClN2/c1-3-16(4-2)8-7-15-12-6-5-10(13)9-11(12)14/h5-6,9,15H,3-4,7-8H2,1-2H3. The van der Waals surface area contributed by atoms with E-state index in [1.165, 1.54) is 0 Å². The first-order valence-electron chi connectivity index (χ1n) is 5.58. The van der Waals surface area contributed by atoms with Gasteiger partial charge in [0.05, 0.1) is 10.7 Å². The highest BCUT2D eigenvalue weighted by molar-refractivity contribution is 9.10. The summed E-state index contributed by atoms with van der Waals surface area (Å²) in [6.45, 7) is 8.49. The first-order chi connectivity index (χ1) is 7.67. The molecule has 2 nitrogen and oxygen atoms in total. The van der Waals surface area contributed by atoms with Crippen molar-refractivity contribution >= 4 is 33.2 Å². The Kier molecular flexibility index (Phi) is 6.17. The molecule has 0 unspecified atom stereocenters. The third-order valence-electron chi connectivity index (χ3n) is 2.57. The quantitative estimate of drug-likeness (QED) is 0.858. The number of benzene rings is 1. The van der Waals surface area contributed by atoms with Crippen LogP contribution in [-0.2, 0) is 0 Å². The van der Waals surface area contributed by atoms with Gasteiger partial charge in [0.25, 0.3) is 0 Å². The van der Waals surface area contributed by atoms with Crippen LogP contribution in [0.4, 0.5) is 5.69 Å². The molecule has 0 heterocycles. The zero-order chi connectivity index (χ0) is 12.0. The average Bonchev–Trinajstić information content (AvgIpc) is 2.27. The van der Waals surface area contributed by atoms with Gasteiger partial charge in [-0.05, 0) is 31.3 Å². The van der Waals surface area contributed by atoms with E-state index in [4.69, 9.17) is 11.6 Å². The van der Waals surface area contributed by atoms with Crippen LogP contribution < -0.4 is 5.32 Å². The largest absolute Gasteiger partial charge is 0.383 e. The highest BCUT2D eigenvalue weighted by Gasteiger charge is 2.01. The van der Waals surface area contributed by atoms with Crippen molar-refractivity contribution in [1.29, 1.82) is 0 Å². The minimum atomic E-state index is 0.758. The molecule has 0 atom stereocenters. The van der Waals surface area contributed by atoms with Gasteiger partial charge < -0.3 is 10.2 Å². The topological polar surface area (TPSA) is 15.3 Å². The molecule has 1 aromatic rings. The van der Waals surface area contributed by atoms with Crippen LogP contribution in [-0.4, -0.2) is 31.1 Å². The lowest BCUT2D eigenvalue weighted by Gasteiger charge is -2.18. The van der Waals surface area contributed by atoms with Gasteiger partial charge in [-0.2, -0.15) is 0 Å². The lowest BCUT2D eigenvalue weighted by Crippen LogP contribution is -2.28. The Labute approximate surface area is 111 Å². The monoisotopic (exact) mass is 304 g/mol. The molecule has 0 bridgehead atoms. The summed E-state index contributed by atoms with van der Waals surface area (Å²) >= 11 is 9.50. The van der Waals surface area contributed by atoms with E-state index in [-0.39, 0.29) is 0 Å². The Bertz CT molecular complexity index is 327. The van der Waals surface area contributed by atoms with Crippen LogP contribution in [0.5, 0.6) is 0 Å². The summed E-state index contributed by atoms with van der Waals surface area (Å²) in [7, 11) is 0. The molecule has 0 saturated heterocycles. The van der Waals surface area contributed by atoms with E-state index in [2.05, 4.69) is 40.0 Å². The summed E-state index contributed by atoms with van der Waals surface area (Å²) in [4.78, 5) is 2.37. The second-order valence-electron chi connectivity index (χ2n) is 3.58. The van der Waals surface area contributed by atoms with Gasteiger partial charge in [0, 0.05) is 17.6 Å². The summed E-state index contributed by atoms with van der Waals surface area (Å²) in [5, 5.41) is 4.10. The fourth-order valence-electron chi connectivity index (χ4n) is 1.52. The number of hydrogen-bond donors (Lipinski definition) is 1. The summed E-state index contributed by atoms with van der Waals surface area (Å²) in [5.41, 5.74) is 0.997. The molecule has 0 aliphatic heterocycles. The molecule has 0 aliphatic carbocycles. The molecule has 1 N–H and O–H groups in total. The molecule has 90 valence electrons. The van der Waals surface area contributed by atoms with Gasteiger partial charge in [0.15, 0.2) is 0 Å². The Morgan fingerprint density at radius 1 is 1.31 bits per heavy atom. The normalized spacial score (nSPS) is 10.8. The van der Waals surface area contributed by atoms with Gasteiger partial charge in [0.2, 0.25) is 0 Å². The maximum atomic E-state index is 6.11. The number of likely N-dealkylation sites (N-methyl/N-ethyl adjacent to an activating group) is 1. The van der Waals surface area contributed by atoms with Gasteiger partial charge in [-0.3, -0.25) is 0 Å². The van der Waals surface area contributed by atoms with Crippen LogP contribution in [0.15, 0.2) is 22.7 Å². The van der Waals surface area contributed by atoms with Gasteiger partial charge in [-0.25, -0.2) is 0 Å². The number of nitrogens with one attached hydrogen (secondary N) is 1. The smallest absolute Gasteiger partial charge is 0.0648 e. The summed E-state index contributed by atoms with van der Waals surface area (Å²) in [6.07, 6.45) is 0. The van der Waals surface area contributed by atoms with E-state index in [1.54, 1.807) is 0 Å². The molecule has 0 aromatic heterocycles. The lowest BCUT2D eigenvalue weighted by atomic mass is 10.3. The van der Waals surface area contributed by atoms with Crippen LogP contribution in [0, 0.1) is 0 Å². The van der Waals surface area contributed by atoms with Crippen LogP contribution in [0.1, 0.15) is 13.8 Å². The molecule has 0 aliphatic rings. The van der Waals surface area contributed by atoms with Crippen molar-refractivity contribution in [3.05, 3.63) is 27.7 Å². The predicted octanol–water partition coefficient (Wildman–Crippen LogP) is 3.86. The molecule has 1 aromatic carbocycles. The minimum Gasteiger partial charge on any atom is -0.383 e. The summed E-state index contributed by atoms with van der Waals surface area (Å²) < 4.78 is 1.01. The SMILES string of the molecule is CCN(CC)CCNc1ccc(Br)cc1Cl. The van der Waals surface area contributed by atoms with Crippen molar-refractivity contribution in [3.63, 3.8) is 0 Å². The highest BCUT2D eigenvalue weighted by atomic mass is 79.9. The Morgan fingerprint density at radius 2 is 2.00 bits per heavy atom. The van der Waals surface area contributed by atoms with E-state index >= 15 is 0 Å². The highest BCUT2D eigenvalue weighted by Crippen LogP contribution is 2.25. The molecular formula is C12H18BrClN2. The van der Waals surface area contributed by atoms with Gasteiger partial charge in [-0.15, -0.1) is 0 Å². The average molecular weight is 306 g/mol. The zero-order valence-electron chi connectivity index (χ0n) is 9.76. The molecule has 0 saturated carbocycles. The predicted molar refractivity (Wildman–Crippen MR) is 75.4 cm³/mol. The van der Waals surface area contributed by atoms with E-state index in [9.17, 15) is 0 Å². The van der Waals surface area contributed by atoms with E-state index in [1.807, 2.05) is 18.2 Å². The fraction of sp³-hybridized carbons (Fsp3) is 0.500.